The highest BCUT2D eigenvalue weighted by atomic mass is 35.5. The normalized spacial score (nSPS) is 33.3. The van der Waals surface area contributed by atoms with Crippen molar-refractivity contribution < 1.29 is 4.74 Å². The number of para-hydroxylation sites is 1. The first-order chi connectivity index (χ1) is 14.9. The lowest BCUT2D eigenvalue weighted by atomic mass is 9.41. The zero-order chi connectivity index (χ0) is 21.6. The maximum Gasteiger partial charge on any atom is 0.122 e. The predicted octanol–water partition coefficient (Wildman–Crippen LogP) is 6.80. The molecule has 1 N–H and O–H groups in total. The third-order valence-electron chi connectivity index (χ3n) is 8.73. The first-order valence-corrected chi connectivity index (χ1v) is 12.4. The summed E-state index contributed by atoms with van der Waals surface area (Å²) in [6.45, 7) is 4.79. The summed E-state index contributed by atoms with van der Waals surface area (Å²) in [4.78, 5) is 0. The second-order valence-electron chi connectivity index (χ2n) is 10.9. The summed E-state index contributed by atoms with van der Waals surface area (Å²) in [5.74, 6) is 2.76. The van der Waals surface area contributed by atoms with Crippen LogP contribution in [0.1, 0.15) is 63.5 Å². The average molecular weight is 438 g/mol. The molecule has 4 bridgehead atoms. The Labute approximate surface area is 192 Å². The van der Waals surface area contributed by atoms with Crippen LogP contribution in [0.2, 0.25) is 5.02 Å². The minimum atomic E-state index is 0.358. The van der Waals surface area contributed by atoms with Crippen molar-refractivity contribution in [2.24, 2.45) is 17.3 Å². The lowest BCUT2D eigenvalue weighted by Crippen LogP contribution is -2.60. The van der Waals surface area contributed by atoms with Gasteiger partial charge in [-0.3, -0.25) is 0 Å². The third-order valence-corrected chi connectivity index (χ3v) is 8.99. The topological polar surface area (TPSA) is 21.3 Å². The van der Waals surface area contributed by atoms with Crippen LogP contribution in [-0.4, -0.2) is 19.2 Å². The zero-order valence-corrected chi connectivity index (χ0v) is 19.9. The Morgan fingerprint density at radius 1 is 1.00 bits per heavy atom. The molecule has 0 aliphatic heterocycles. The average Bonchev–Trinajstić information content (AvgIpc) is 2.73. The van der Waals surface area contributed by atoms with Gasteiger partial charge in [0.25, 0.3) is 0 Å². The molecule has 2 unspecified atom stereocenters. The summed E-state index contributed by atoms with van der Waals surface area (Å²) in [6.07, 6.45) is 9.31. The van der Waals surface area contributed by atoms with E-state index in [1.807, 2.05) is 0 Å². The second-order valence-corrected chi connectivity index (χ2v) is 11.4. The van der Waals surface area contributed by atoms with Crippen LogP contribution in [0.4, 0.5) is 0 Å². The summed E-state index contributed by atoms with van der Waals surface area (Å²) in [5.41, 5.74) is 3.60. The summed E-state index contributed by atoms with van der Waals surface area (Å²) in [7, 11) is 1.77. The fraction of sp³-hybridized carbons (Fsp3) is 0.571. The van der Waals surface area contributed by atoms with Gasteiger partial charge in [-0.2, -0.15) is 0 Å². The van der Waals surface area contributed by atoms with Gasteiger partial charge < -0.3 is 10.1 Å². The molecule has 2 nitrogen and oxygen atoms in total. The summed E-state index contributed by atoms with van der Waals surface area (Å²) >= 11 is 6.22. The standard InChI is InChI=1S/C28H36ClNO/c1-19(12-23-6-4-5-7-26(23)31-3)30-20(2)27-14-21-13-22(15-27)17-28(16-21,18-27)24-8-10-25(29)11-9-24/h4-11,19-22,30H,12-18H2,1-3H3/t19-,20+,21-,22+,27?,28?/m0/s1. The number of halogens is 1. The van der Waals surface area contributed by atoms with Gasteiger partial charge in [0.2, 0.25) is 0 Å². The van der Waals surface area contributed by atoms with Crippen LogP contribution in [0.3, 0.4) is 0 Å². The molecular weight excluding hydrogens is 402 g/mol. The molecule has 6 rings (SSSR count). The maximum absolute atomic E-state index is 6.22. The van der Waals surface area contributed by atoms with Gasteiger partial charge in [-0.25, -0.2) is 0 Å². The van der Waals surface area contributed by atoms with Gasteiger partial charge >= 0.3 is 0 Å². The molecule has 0 aromatic heterocycles. The van der Waals surface area contributed by atoms with Crippen LogP contribution in [0, 0.1) is 17.3 Å². The van der Waals surface area contributed by atoms with E-state index in [-0.39, 0.29) is 0 Å². The Morgan fingerprint density at radius 2 is 1.68 bits per heavy atom. The molecule has 4 fully saturated rings. The SMILES string of the molecule is COc1ccccc1C[C@H](C)N[C@H](C)C12C[C@@H]3C[C@@H](CC(c4ccc(Cl)cc4)(C3)C1)C2. The molecule has 0 heterocycles. The Balaban J connectivity index is 1.35. The van der Waals surface area contributed by atoms with E-state index in [0.717, 1.165) is 29.0 Å². The number of rotatable bonds is 7. The number of nitrogens with one attached hydrogen (secondary N) is 1. The highest BCUT2D eigenvalue weighted by molar-refractivity contribution is 6.30. The van der Waals surface area contributed by atoms with E-state index in [0.29, 0.717) is 22.9 Å². The van der Waals surface area contributed by atoms with Crippen molar-refractivity contribution in [3.63, 3.8) is 0 Å². The Morgan fingerprint density at radius 3 is 2.35 bits per heavy atom. The second kappa shape index (κ2) is 8.12. The van der Waals surface area contributed by atoms with E-state index in [2.05, 4.69) is 67.7 Å². The van der Waals surface area contributed by atoms with E-state index < -0.39 is 0 Å². The predicted molar refractivity (Wildman–Crippen MR) is 129 cm³/mol. The molecule has 2 aromatic carbocycles. The van der Waals surface area contributed by atoms with Gasteiger partial charge in [0.15, 0.2) is 0 Å². The summed E-state index contributed by atoms with van der Waals surface area (Å²) in [6, 6.07) is 18.2. The Kier molecular flexibility index (Phi) is 5.59. The van der Waals surface area contributed by atoms with Crippen LogP contribution >= 0.6 is 11.6 Å². The van der Waals surface area contributed by atoms with Crippen molar-refractivity contribution in [1.82, 2.24) is 5.32 Å². The number of hydrogen-bond acceptors (Lipinski definition) is 2. The molecule has 4 aliphatic carbocycles. The molecular formula is C28H36ClNO. The minimum Gasteiger partial charge on any atom is -0.496 e. The fourth-order valence-electron chi connectivity index (χ4n) is 7.85. The molecule has 0 spiro atoms. The highest BCUT2D eigenvalue weighted by Gasteiger charge is 2.59. The molecule has 0 amide bonds. The smallest absolute Gasteiger partial charge is 0.122 e. The van der Waals surface area contributed by atoms with Crippen molar-refractivity contribution >= 4 is 11.6 Å². The van der Waals surface area contributed by atoms with Crippen molar-refractivity contribution in [3.05, 3.63) is 64.7 Å². The lowest BCUT2D eigenvalue weighted by molar-refractivity contribution is -0.0893. The highest BCUT2D eigenvalue weighted by Crippen LogP contribution is 2.66. The first-order valence-electron chi connectivity index (χ1n) is 12.1. The molecule has 4 aliphatic rings. The van der Waals surface area contributed by atoms with Crippen molar-refractivity contribution in [2.45, 2.75) is 76.3 Å². The molecule has 166 valence electrons. The molecule has 4 saturated carbocycles. The van der Waals surface area contributed by atoms with Gasteiger partial charge in [-0.1, -0.05) is 41.9 Å². The van der Waals surface area contributed by atoms with Gasteiger partial charge in [0.1, 0.15) is 5.75 Å². The fourth-order valence-corrected chi connectivity index (χ4v) is 7.97. The van der Waals surface area contributed by atoms with E-state index >= 15 is 0 Å². The van der Waals surface area contributed by atoms with Gasteiger partial charge in [0.05, 0.1) is 7.11 Å². The Bertz CT molecular complexity index is 909. The third kappa shape index (κ3) is 3.91. The van der Waals surface area contributed by atoms with Crippen LogP contribution in [0.15, 0.2) is 48.5 Å². The first kappa shape index (κ1) is 21.3. The molecule has 3 heteroatoms. The summed E-state index contributed by atoms with van der Waals surface area (Å²) < 4.78 is 5.58. The monoisotopic (exact) mass is 437 g/mol. The van der Waals surface area contributed by atoms with E-state index in [1.54, 1.807) is 7.11 Å². The molecule has 0 saturated heterocycles. The van der Waals surface area contributed by atoms with Gasteiger partial charge in [-0.15, -0.1) is 0 Å². The Hall–Kier alpha value is -1.51. The molecule has 2 aromatic rings. The van der Waals surface area contributed by atoms with E-state index in [1.165, 1.54) is 49.7 Å². The van der Waals surface area contributed by atoms with Gasteiger partial charge in [0, 0.05) is 17.1 Å². The number of methoxy groups -OCH3 is 1. The van der Waals surface area contributed by atoms with Crippen molar-refractivity contribution in [1.29, 1.82) is 0 Å². The van der Waals surface area contributed by atoms with Crippen molar-refractivity contribution in [2.75, 3.05) is 7.11 Å². The molecule has 6 atom stereocenters. The minimum absolute atomic E-state index is 0.358. The van der Waals surface area contributed by atoms with Crippen LogP contribution < -0.4 is 10.1 Å². The molecule has 0 radical (unpaired) electrons. The number of ether oxygens (including phenoxy) is 1. The number of benzene rings is 2. The van der Waals surface area contributed by atoms with E-state index in [9.17, 15) is 0 Å². The molecule has 31 heavy (non-hydrogen) atoms. The maximum atomic E-state index is 6.22. The quantitative estimate of drug-likeness (QED) is 0.514. The van der Waals surface area contributed by atoms with Crippen LogP contribution in [0.25, 0.3) is 0 Å². The van der Waals surface area contributed by atoms with Gasteiger partial charge in [-0.05, 0) is 111 Å². The van der Waals surface area contributed by atoms with Crippen molar-refractivity contribution in [3.8, 4) is 5.75 Å². The van der Waals surface area contributed by atoms with Crippen LogP contribution in [0.5, 0.6) is 5.75 Å². The van der Waals surface area contributed by atoms with Crippen LogP contribution in [-0.2, 0) is 11.8 Å². The zero-order valence-electron chi connectivity index (χ0n) is 19.2. The summed E-state index contributed by atoms with van der Waals surface area (Å²) in [5, 5.41) is 4.89. The lowest BCUT2D eigenvalue weighted by Gasteiger charge is -2.64. The number of hydrogen-bond donors (Lipinski definition) is 1. The largest absolute Gasteiger partial charge is 0.496 e. The van der Waals surface area contributed by atoms with E-state index in [4.69, 9.17) is 16.3 Å².